The Morgan fingerprint density at radius 1 is 0.333 bits per heavy atom. The molecule has 0 aliphatic rings. The molecule has 0 atom stereocenters. The van der Waals surface area contributed by atoms with Crippen molar-refractivity contribution in [2.24, 2.45) is 0 Å². The second-order valence-electron chi connectivity index (χ2n) is 7.17. The Balaban J connectivity index is 2.93. The van der Waals surface area contributed by atoms with E-state index in [0.717, 1.165) is 39.3 Å². The van der Waals surface area contributed by atoms with Crippen molar-refractivity contribution in [2.45, 2.75) is 117 Å². The molecular weight excluding hydrogens is 296 g/mol. The molecule has 0 unspecified atom stereocenters. The first-order valence-corrected chi connectivity index (χ1v) is 11.1. The van der Waals surface area contributed by atoms with Crippen LogP contribution in [0.15, 0.2) is 0 Å². The zero-order valence-corrected chi connectivity index (χ0v) is 17.0. The van der Waals surface area contributed by atoms with E-state index in [2.05, 4.69) is 13.8 Å². The molecule has 0 radical (unpaired) electrons. The average molecular weight is 343 g/mol. The standard InChI is InChI=1S/C22H46O2/c1-3-5-7-9-11-13-15-19-23-21-17-18-22-24-20-16-14-12-10-8-6-4-2/h3-22H2,1-2H3. The molecule has 0 aromatic heterocycles. The highest BCUT2D eigenvalue weighted by atomic mass is 16.5. The Morgan fingerprint density at radius 3 is 0.917 bits per heavy atom. The van der Waals surface area contributed by atoms with Gasteiger partial charge in [0.15, 0.2) is 0 Å². The summed E-state index contributed by atoms with van der Waals surface area (Å²) in [5, 5.41) is 0. The van der Waals surface area contributed by atoms with E-state index in [-0.39, 0.29) is 0 Å². The molecule has 0 amide bonds. The van der Waals surface area contributed by atoms with Gasteiger partial charge in [0.1, 0.15) is 0 Å². The molecule has 0 saturated carbocycles. The maximum absolute atomic E-state index is 5.70. The Morgan fingerprint density at radius 2 is 0.583 bits per heavy atom. The molecular formula is C22H46O2. The lowest BCUT2D eigenvalue weighted by Crippen LogP contribution is -2.01. The number of hydrogen-bond donors (Lipinski definition) is 0. The zero-order valence-electron chi connectivity index (χ0n) is 17.0. The Hall–Kier alpha value is -0.0800. The molecule has 0 aliphatic carbocycles. The molecule has 0 N–H and O–H groups in total. The number of rotatable bonds is 21. The van der Waals surface area contributed by atoms with Crippen LogP contribution in [0.5, 0.6) is 0 Å². The summed E-state index contributed by atoms with van der Waals surface area (Å²) in [7, 11) is 0. The summed E-state index contributed by atoms with van der Waals surface area (Å²) in [6.07, 6.45) is 21.3. The highest BCUT2D eigenvalue weighted by Crippen LogP contribution is 2.08. The summed E-state index contributed by atoms with van der Waals surface area (Å²) < 4.78 is 11.4. The summed E-state index contributed by atoms with van der Waals surface area (Å²) in [6, 6.07) is 0. The lowest BCUT2D eigenvalue weighted by molar-refractivity contribution is 0.0991. The van der Waals surface area contributed by atoms with Gasteiger partial charge in [0.25, 0.3) is 0 Å². The van der Waals surface area contributed by atoms with E-state index in [1.165, 1.54) is 89.9 Å². The normalized spacial score (nSPS) is 11.2. The minimum absolute atomic E-state index is 0.913. The first-order chi connectivity index (χ1) is 11.9. The summed E-state index contributed by atoms with van der Waals surface area (Å²) in [4.78, 5) is 0. The van der Waals surface area contributed by atoms with Crippen LogP contribution in [0.1, 0.15) is 117 Å². The Labute approximate surface area is 153 Å². The zero-order chi connectivity index (χ0) is 17.6. The first kappa shape index (κ1) is 23.9. The Kier molecular flexibility index (Phi) is 22.8. The van der Waals surface area contributed by atoms with Gasteiger partial charge in [0.2, 0.25) is 0 Å². The lowest BCUT2D eigenvalue weighted by atomic mass is 10.1. The molecule has 0 saturated heterocycles. The van der Waals surface area contributed by atoms with E-state index < -0.39 is 0 Å². The van der Waals surface area contributed by atoms with Gasteiger partial charge in [-0.2, -0.15) is 0 Å². The quantitative estimate of drug-likeness (QED) is 0.204. The third kappa shape index (κ3) is 21.9. The molecule has 0 aliphatic heterocycles. The van der Waals surface area contributed by atoms with Gasteiger partial charge in [-0.05, 0) is 25.7 Å². The lowest BCUT2D eigenvalue weighted by Gasteiger charge is -2.06. The molecule has 0 rings (SSSR count). The van der Waals surface area contributed by atoms with E-state index in [0.29, 0.717) is 0 Å². The summed E-state index contributed by atoms with van der Waals surface area (Å²) >= 11 is 0. The van der Waals surface area contributed by atoms with Crippen LogP contribution in [-0.4, -0.2) is 26.4 Å². The number of ether oxygens (including phenoxy) is 2. The maximum atomic E-state index is 5.70. The molecule has 0 fully saturated rings. The SMILES string of the molecule is CCCCCCCCCOCCCCOCCCCCCCCC. The minimum Gasteiger partial charge on any atom is -0.381 e. The molecule has 0 aromatic rings. The van der Waals surface area contributed by atoms with Gasteiger partial charge in [0.05, 0.1) is 0 Å². The van der Waals surface area contributed by atoms with Gasteiger partial charge in [0, 0.05) is 26.4 Å². The molecule has 0 heterocycles. The van der Waals surface area contributed by atoms with Crippen LogP contribution < -0.4 is 0 Å². The van der Waals surface area contributed by atoms with Crippen LogP contribution >= 0.6 is 0 Å². The molecule has 0 aromatic carbocycles. The molecule has 0 spiro atoms. The monoisotopic (exact) mass is 342 g/mol. The van der Waals surface area contributed by atoms with E-state index in [4.69, 9.17) is 9.47 Å². The topological polar surface area (TPSA) is 18.5 Å². The van der Waals surface area contributed by atoms with Crippen LogP contribution in [0.25, 0.3) is 0 Å². The van der Waals surface area contributed by atoms with Crippen molar-refractivity contribution in [3.05, 3.63) is 0 Å². The molecule has 0 bridgehead atoms. The van der Waals surface area contributed by atoms with Crippen molar-refractivity contribution in [2.75, 3.05) is 26.4 Å². The Bertz CT molecular complexity index is 184. The van der Waals surface area contributed by atoms with Crippen molar-refractivity contribution >= 4 is 0 Å². The van der Waals surface area contributed by atoms with Gasteiger partial charge >= 0.3 is 0 Å². The van der Waals surface area contributed by atoms with Gasteiger partial charge in [-0.25, -0.2) is 0 Å². The molecule has 24 heavy (non-hydrogen) atoms. The highest BCUT2D eigenvalue weighted by molar-refractivity contribution is 4.46. The summed E-state index contributed by atoms with van der Waals surface area (Å²) in [5.74, 6) is 0. The van der Waals surface area contributed by atoms with Crippen molar-refractivity contribution in [3.8, 4) is 0 Å². The van der Waals surface area contributed by atoms with Crippen LogP contribution in [0.4, 0.5) is 0 Å². The van der Waals surface area contributed by atoms with Crippen LogP contribution in [0.2, 0.25) is 0 Å². The average Bonchev–Trinajstić information content (AvgIpc) is 2.60. The fraction of sp³-hybridized carbons (Fsp3) is 1.00. The van der Waals surface area contributed by atoms with Gasteiger partial charge in [-0.3, -0.25) is 0 Å². The van der Waals surface area contributed by atoms with Crippen molar-refractivity contribution in [3.63, 3.8) is 0 Å². The largest absolute Gasteiger partial charge is 0.381 e. The van der Waals surface area contributed by atoms with E-state index in [9.17, 15) is 0 Å². The molecule has 146 valence electrons. The smallest absolute Gasteiger partial charge is 0.0466 e. The van der Waals surface area contributed by atoms with Crippen molar-refractivity contribution in [1.29, 1.82) is 0 Å². The van der Waals surface area contributed by atoms with E-state index in [1.54, 1.807) is 0 Å². The van der Waals surface area contributed by atoms with Crippen LogP contribution in [0, 0.1) is 0 Å². The minimum atomic E-state index is 0.913. The van der Waals surface area contributed by atoms with Crippen molar-refractivity contribution < 1.29 is 9.47 Å². The third-order valence-corrected chi connectivity index (χ3v) is 4.61. The molecule has 2 nitrogen and oxygen atoms in total. The third-order valence-electron chi connectivity index (χ3n) is 4.61. The van der Waals surface area contributed by atoms with Gasteiger partial charge in [-0.1, -0.05) is 90.9 Å². The van der Waals surface area contributed by atoms with E-state index in [1.807, 2.05) is 0 Å². The predicted molar refractivity (Wildman–Crippen MR) is 107 cm³/mol. The summed E-state index contributed by atoms with van der Waals surface area (Å²) in [5.41, 5.74) is 0. The predicted octanol–water partition coefficient (Wildman–Crippen LogP) is 7.30. The fourth-order valence-electron chi connectivity index (χ4n) is 2.93. The van der Waals surface area contributed by atoms with Gasteiger partial charge < -0.3 is 9.47 Å². The highest BCUT2D eigenvalue weighted by Gasteiger charge is 1.94. The van der Waals surface area contributed by atoms with Crippen molar-refractivity contribution in [1.82, 2.24) is 0 Å². The first-order valence-electron chi connectivity index (χ1n) is 11.1. The van der Waals surface area contributed by atoms with Gasteiger partial charge in [-0.15, -0.1) is 0 Å². The summed E-state index contributed by atoms with van der Waals surface area (Å²) in [6.45, 7) is 8.27. The number of hydrogen-bond acceptors (Lipinski definition) is 2. The van der Waals surface area contributed by atoms with Crippen LogP contribution in [-0.2, 0) is 9.47 Å². The number of unbranched alkanes of at least 4 members (excludes halogenated alkanes) is 13. The van der Waals surface area contributed by atoms with Crippen LogP contribution in [0.3, 0.4) is 0 Å². The fourth-order valence-corrected chi connectivity index (χ4v) is 2.93. The second kappa shape index (κ2) is 22.9. The van der Waals surface area contributed by atoms with E-state index >= 15 is 0 Å². The maximum Gasteiger partial charge on any atom is 0.0466 e. The second-order valence-corrected chi connectivity index (χ2v) is 7.17. The molecule has 2 heteroatoms.